The van der Waals surface area contributed by atoms with E-state index in [2.05, 4.69) is 10.1 Å². The van der Waals surface area contributed by atoms with E-state index in [1.165, 1.54) is 0 Å². The zero-order chi connectivity index (χ0) is 23.5. The monoisotopic (exact) mass is 465 g/mol. The molecule has 0 aliphatic carbocycles. The van der Waals surface area contributed by atoms with Gasteiger partial charge in [-0.1, -0.05) is 29.8 Å². The molecule has 0 unspecified atom stereocenters. The van der Waals surface area contributed by atoms with Crippen molar-refractivity contribution in [2.75, 3.05) is 13.2 Å². The number of fused-ring (bicyclic) bond motifs is 1. The van der Waals surface area contributed by atoms with E-state index in [1.54, 1.807) is 4.68 Å². The first-order valence-electron chi connectivity index (χ1n) is 11.1. The topological polar surface area (TPSA) is 69.1 Å². The van der Waals surface area contributed by atoms with Crippen molar-refractivity contribution < 1.29 is 14.3 Å². The number of aryl methyl sites for hydroxylation is 4. The molecule has 2 heterocycles. The minimum Gasteiger partial charge on any atom is -0.494 e. The van der Waals surface area contributed by atoms with Gasteiger partial charge < -0.3 is 14.5 Å². The molecule has 0 bridgehead atoms. The van der Waals surface area contributed by atoms with Crippen molar-refractivity contribution in [2.45, 2.75) is 33.6 Å². The molecule has 0 aliphatic heterocycles. The average Bonchev–Trinajstić information content (AvgIpc) is 3.38. The number of esters is 1. The highest BCUT2D eigenvalue weighted by Crippen LogP contribution is 2.33. The fraction of sp³-hybridized carbons (Fsp3) is 0.308. The van der Waals surface area contributed by atoms with Crippen LogP contribution in [0.5, 0.6) is 5.75 Å². The first-order valence-corrected chi connectivity index (χ1v) is 11.5. The molecule has 0 amide bonds. The lowest BCUT2D eigenvalue weighted by atomic mass is 10.0. The molecule has 0 atom stereocenters. The van der Waals surface area contributed by atoms with Gasteiger partial charge in [-0.15, -0.1) is 0 Å². The van der Waals surface area contributed by atoms with Gasteiger partial charge in [0, 0.05) is 34.8 Å². The summed E-state index contributed by atoms with van der Waals surface area (Å²) < 4.78 is 13.1. The number of halogens is 1. The van der Waals surface area contributed by atoms with Crippen molar-refractivity contribution >= 4 is 28.5 Å². The van der Waals surface area contributed by atoms with Crippen LogP contribution >= 0.6 is 11.6 Å². The summed E-state index contributed by atoms with van der Waals surface area (Å²) in [6.07, 6.45) is 5.21. The van der Waals surface area contributed by atoms with Crippen LogP contribution in [0.25, 0.3) is 22.0 Å². The molecule has 0 spiro atoms. The standard InChI is InChI=1S/C26H28ClN3O3/c1-5-32-26(31)25-22(10-7-11-33-19-12-16(2)23(27)17(3)13-19)21-9-6-8-20(24(21)29-25)18-14-28-30(4)15-18/h6,8-9,12-15,29H,5,7,10-11H2,1-4H3. The number of para-hydroxylation sites is 1. The summed E-state index contributed by atoms with van der Waals surface area (Å²) in [5, 5.41) is 6.07. The lowest BCUT2D eigenvalue weighted by Crippen LogP contribution is -2.09. The van der Waals surface area contributed by atoms with Crippen LogP contribution in [-0.4, -0.2) is 33.9 Å². The van der Waals surface area contributed by atoms with E-state index in [1.807, 2.05) is 70.5 Å². The lowest BCUT2D eigenvalue weighted by Gasteiger charge is -2.10. The van der Waals surface area contributed by atoms with Crippen molar-refractivity contribution in [1.29, 1.82) is 0 Å². The van der Waals surface area contributed by atoms with Crippen LogP contribution < -0.4 is 4.74 Å². The van der Waals surface area contributed by atoms with Crippen LogP contribution in [0.1, 0.15) is 40.5 Å². The number of H-pyrrole nitrogens is 1. The highest BCUT2D eigenvalue weighted by Gasteiger charge is 2.21. The molecule has 4 aromatic rings. The number of hydrogen-bond acceptors (Lipinski definition) is 4. The lowest BCUT2D eigenvalue weighted by molar-refractivity contribution is 0.0519. The third-order valence-corrected chi connectivity index (χ3v) is 6.28. The second-order valence-corrected chi connectivity index (χ2v) is 8.53. The van der Waals surface area contributed by atoms with Gasteiger partial charge in [0.05, 0.1) is 24.9 Å². The summed E-state index contributed by atoms with van der Waals surface area (Å²) in [5.41, 5.74) is 6.34. The Labute approximate surface area is 198 Å². The Kier molecular flexibility index (Phi) is 6.75. The predicted octanol–water partition coefficient (Wildman–Crippen LogP) is 6.03. The van der Waals surface area contributed by atoms with E-state index in [4.69, 9.17) is 21.1 Å². The Morgan fingerprint density at radius 3 is 2.64 bits per heavy atom. The number of aromatic amines is 1. The Morgan fingerprint density at radius 1 is 1.21 bits per heavy atom. The molecule has 7 heteroatoms. The molecule has 0 aliphatic rings. The Morgan fingerprint density at radius 2 is 1.97 bits per heavy atom. The zero-order valence-corrected chi connectivity index (χ0v) is 20.1. The van der Waals surface area contributed by atoms with Gasteiger partial charge in [-0.25, -0.2) is 4.79 Å². The molecule has 6 nitrogen and oxygen atoms in total. The quantitative estimate of drug-likeness (QED) is 0.255. The summed E-state index contributed by atoms with van der Waals surface area (Å²) in [6, 6.07) is 9.97. The van der Waals surface area contributed by atoms with Crippen LogP contribution in [-0.2, 0) is 18.2 Å². The van der Waals surface area contributed by atoms with E-state index in [-0.39, 0.29) is 5.97 Å². The number of hydrogen-bond donors (Lipinski definition) is 1. The molecule has 33 heavy (non-hydrogen) atoms. The maximum atomic E-state index is 12.7. The molecule has 1 N–H and O–H groups in total. The molecule has 2 aromatic carbocycles. The van der Waals surface area contributed by atoms with Gasteiger partial charge in [-0.3, -0.25) is 4.68 Å². The molecular formula is C26H28ClN3O3. The van der Waals surface area contributed by atoms with E-state index >= 15 is 0 Å². The summed E-state index contributed by atoms with van der Waals surface area (Å²) in [4.78, 5) is 16.1. The fourth-order valence-corrected chi connectivity index (χ4v) is 4.25. The van der Waals surface area contributed by atoms with Gasteiger partial charge in [0.1, 0.15) is 11.4 Å². The molecule has 0 fully saturated rings. The first-order chi connectivity index (χ1) is 15.9. The Hall–Kier alpha value is -3.25. The summed E-state index contributed by atoms with van der Waals surface area (Å²) >= 11 is 6.26. The summed E-state index contributed by atoms with van der Waals surface area (Å²) in [7, 11) is 1.89. The van der Waals surface area contributed by atoms with E-state index < -0.39 is 0 Å². The van der Waals surface area contributed by atoms with Crippen molar-refractivity contribution in [3.8, 4) is 16.9 Å². The number of ether oxygens (including phenoxy) is 2. The summed E-state index contributed by atoms with van der Waals surface area (Å²) in [6.45, 7) is 6.60. The predicted molar refractivity (Wildman–Crippen MR) is 131 cm³/mol. The maximum Gasteiger partial charge on any atom is 0.355 e. The molecule has 2 aromatic heterocycles. The number of nitrogens with zero attached hydrogens (tertiary/aromatic N) is 2. The number of rotatable bonds is 8. The van der Waals surface area contributed by atoms with E-state index in [9.17, 15) is 4.79 Å². The van der Waals surface area contributed by atoms with Crippen LogP contribution in [0.4, 0.5) is 0 Å². The second kappa shape index (κ2) is 9.71. The molecule has 4 rings (SSSR count). The molecule has 0 saturated carbocycles. The van der Waals surface area contributed by atoms with E-state index in [0.717, 1.165) is 55.9 Å². The number of aromatic nitrogens is 3. The first kappa shape index (κ1) is 22.9. The number of nitrogens with one attached hydrogen (secondary N) is 1. The normalized spacial score (nSPS) is 11.2. The minimum atomic E-state index is -0.342. The fourth-order valence-electron chi connectivity index (χ4n) is 4.14. The van der Waals surface area contributed by atoms with Crippen molar-refractivity contribution in [3.05, 3.63) is 70.1 Å². The maximum absolute atomic E-state index is 12.7. The Bertz CT molecular complexity index is 1280. The molecule has 0 saturated heterocycles. The van der Waals surface area contributed by atoms with Gasteiger partial charge in [0.2, 0.25) is 0 Å². The van der Waals surface area contributed by atoms with Crippen LogP contribution in [0.3, 0.4) is 0 Å². The molecular weight excluding hydrogens is 438 g/mol. The Balaban J connectivity index is 1.60. The molecule has 0 radical (unpaired) electrons. The third-order valence-electron chi connectivity index (χ3n) is 5.69. The molecule has 172 valence electrons. The SMILES string of the molecule is CCOC(=O)c1[nH]c2c(-c3cnn(C)c3)cccc2c1CCCOc1cc(C)c(Cl)c(C)c1. The zero-order valence-electron chi connectivity index (χ0n) is 19.4. The average molecular weight is 466 g/mol. The van der Waals surface area contributed by atoms with Crippen molar-refractivity contribution in [2.24, 2.45) is 7.05 Å². The van der Waals surface area contributed by atoms with Gasteiger partial charge in [-0.2, -0.15) is 5.10 Å². The highest BCUT2D eigenvalue weighted by atomic mass is 35.5. The minimum absolute atomic E-state index is 0.321. The largest absolute Gasteiger partial charge is 0.494 e. The number of carbonyl (C=O) groups excluding carboxylic acids is 1. The third kappa shape index (κ3) is 4.76. The van der Waals surface area contributed by atoms with Crippen LogP contribution in [0, 0.1) is 13.8 Å². The van der Waals surface area contributed by atoms with Crippen LogP contribution in [0.15, 0.2) is 42.7 Å². The van der Waals surface area contributed by atoms with Gasteiger partial charge in [-0.05, 0) is 62.4 Å². The van der Waals surface area contributed by atoms with Gasteiger partial charge in [0.25, 0.3) is 0 Å². The number of carbonyl (C=O) groups is 1. The van der Waals surface area contributed by atoms with Gasteiger partial charge >= 0.3 is 5.97 Å². The van der Waals surface area contributed by atoms with Gasteiger partial charge in [0.15, 0.2) is 0 Å². The van der Waals surface area contributed by atoms with E-state index in [0.29, 0.717) is 25.3 Å². The summed E-state index contributed by atoms with van der Waals surface area (Å²) in [5.74, 6) is 0.462. The van der Waals surface area contributed by atoms with Crippen molar-refractivity contribution in [1.82, 2.24) is 14.8 Å². The second-order valence-electron chi connectivity index (χ2n) is 8.15. The smallest absolute Gasteiger partial charge is 0.355 e. The van der Waals surface area contributed by atoms with Crippen LogP contribution in [0.2, 0.25) is 5.02 Å². The van der Waals surface area contributed by atoms with Crippen molar-refractivity contribution in [3.63, 3.8) is 0 Å². The number of benzene rings is 2. The highest BCUT2D eigenvalue weighted by molar-refractivity contribution is 6.32.